The second-order valence-corrected chi connectivity index (χ2v) is 16.5. The first-order valence-electron chi connectivity index (χ1n) is 17.6. The Morgan fingerprint density at radius 3 is 2.33 bits per heavy atom. The Labute approximate surface area is 309 Å². The molecule has 15 heteroatoms. The lowest BCUT2D eigenvalue weighted by Gasteiger charge is -2.47. The summed E-state index contributed by atoms with van der Waals surface area (Å²) in [4.78, 5) is 60.5. The van der Waals surface area contributed by atoms with Gasteiger partial charge in [-0.15, -0.1) is 0 Å². The summed E-state index contributed by atoms with van der Waals surface area (Å²) in [6.07, 6.45) is 0.150. The van der Waals surface area contributed by atoms with Crippen molar-refractivity contribution in [2.45, 2.75) is 103 Å². The maximum absolute atomic E-state index is 14.6. The normalized spacial score (nSPS) is 24.9. The molecule has 3 heterocycles. The van der Waals surface area contributed by atoms with Gasteiger partial charge in [-0.3, -0.25) is 14.5 Å². The number of ether oxygens (including phenoxy) is 1. The maximum atomic E-state index is 14.6. The highest BCUT2D eigenvalue weighted by molar-refractivity contribution is 6.45. The zero-order chi connectivity index (χ0) is 38.2. The van der Waals surface area contributed by atoms with Crippen LogP contribution in [0.4, 0.5) is 4.79 Å². The number of rotatable bonds is 10. The van der Waals surface area contributed by atoms with E-state index in [1.54, 1.807) is 42.5 Å². The van der Waals surface area contributed by atoms with E-state index in [9.17, 15) is 24.3 Å². The van der Waals surface area contributed by atoms with Gasteiger partial charge in [-0.2, -0.15) is 0 Å². The summed E-state index contributed by atoms with van der Waals surface area (Å²) >= 11 is 6.36. The average molecular weight is 737 g/mol. The number of likely N-dealkylation sites (tertiary alicyclic amines) is 1. The quantitative estimate of drug-likeness (QED) is 0.0930. The molecule has 2 aromatic rings. The number of fused-ring (bicyclic) bond motifs is 1. The number of carboxylic acid groups (broad SMARTS) is 1. The molecule has 0 spiro atoms. The predicted octanol–water partition coefficient (Wildman–Crippen LogP) is 6.38. The van der Waals surface area contributed by atoms with Crippen molar-refractivity contribution < 1.29 is 38.3 Å². The molecule has 0 aliphatic carbocycles. The molecule has 5 rings (SSSR count). The van der Waals surface area contributed by atoms with Gasteiger partial charge in [0, 0.05) is 29.5 Å². The third-order valence-electron chi connectivity index (χ3n) is 10.9. The Morgan fingerprint density at radius 2 is 1.73 bits per heavy atom. The van der Waals surface area contributed by atoms with E-state index in [2.05, 4.69) is 10.0 Å². The number of amides is 2. The molecule has 2 unspecified atom stereocenters. The molecule has 4 atom stereocenters. The topological polar surface area (TPSA) is 173 Å². The van der Waals surface area contributed by atoms with Crippen LogP contribution in [-0.4, -0.2) is 88.3 Å². The maximum Gasteiger partial charge on any atom is 0.457 e. The van der Waals surface area contributed by atoms with Gasteiger partial charge in [-0.05, 0) is 69.1 Å². The zero-order valence-corrected chi connectivity index (χ0v) is 31.6. The fourth-order valence-electron chi connectivity index (χ4n) is 7.64. The zero-order valence-electron chi connectivity index (χ0n) is 30.8. The summed E-state index contributed by atoms with van der Waals surface area (Å²) in [7, 11) is -0.499. The Bertz CT molecular complexity index is 1750. The molecule has 2 N–H and O–H groups in total. The van der Waals surface area contributed by atoms with Crippen LogP contribution in [0.2, 0.25) is 11.3 Å². The van der Waals surface area contributed by atoms with Gasteiger partial charge in [0.1, 0.15) is 16.7 Å². The minimum absolute atomic E-state index is 0.0145. The number of nitrogens with one attached hydrogen (secondary N) is 1. The van der Waals surface area contributed by atoms with Gasteiger partial charge in [0.15, 0.2) is 12.4 Å². The highest BCUT2D eigenvalue weighted by Gasteiger charge is 2.61. The first-order valence-corrected chi connectivity index (χ1v) is 18.0. The molecule has 2 saturated heterocycles. The molecule has 0 saturated carbocycles. The molecule has 3 aliphatic heterocycles. The minimum atomic E-state index is -1.82. The van der Waals surface area contributed by atoms with Gasteiger partial charge in [0.05, 0.1) is 23.8 Å². The van der Waals surface area contributed by atoms with Gasteiger partial charge >= 0.3 is 19.2 Å². The fraction of sp³-hybridized carbons (Fsp3) is 0.568. The number of hydrogen-bond acceptors (Lipinski definition) is 9. The predicted molar refractivity (Wildman–Crippen MR) is 193 cm³/mol. The number of hydrogen-bond donors (Lipinski definition) is 2. The van der Waals surface area contributed by atoms with Crippen molar-refractivity contribution in [2.24, 2.45) is 16.4 Å². The fourth-order valence-corrected chi connectivity index (χ4v) is 7.82. The van der Waals surface area contributed by atoms with Crippen LogP contribution in [0.15, 0.2) is 53.6 Å². The smallest absolute Gasteiger partial charge is 0.457 e. The molecule has 278 valence electrons. The van der Waals surface area contributed by atoms with Crippen molar-refractivity contribution in [3.63, 3.8) is 0 Å². The molecule has 0 bridgehead atoms. The molecular weight excluding hydrogens is 689 g/mol. The van der Waals surface area contributed by atoms with Crippen LogP contribution in [0.25, 0.3) is 0 Å². The largest absolute Gasteiger partial charge is 0.465 e. The van der Waals surface area contributed by atoms with Gasteiger partial charge in [-0.1, -0.05) is 75.2 Å². The summed E-state index contributed by atoms with van der Waals surface area (Å²) in [5, 5.41) is 15.2. The van der Waals surface area contributed by atoms with Crippen molar-refractivity contribution >= 4 is 42.5 Å². The molecule has 2 aromatic carbocycles. The summed E-state index contributed by atoms with van der Waals surface area (Å²) < 4.78 is 17.9. The monoisotopic (exact) mass is 736 g/mol. The Morgan fingerprint density at radius 1 is 1.08 bits per heavy atom. The van der Waals surface area contributed by atoms with E-state index < -0.39 is 77.6 Å². The van der Waals surface area contributed by atoms with Crippen molar-refractivity contribution in [1.82, 2.24) is 14.7 Å². The van der Waals surface area contributed by atoms with E-state index in [1.807, 2.05) is 54.5 Å². The van der Waals surface area contributed by atoms with E-state index in [0.717, 1.165) is 11.1 Å². The van der Waals surface area contributed by atoms with Crippen LogP contribution in [-0.2, 0) is 30.1 Å². The Kier molecular flexibility index (Phi) is 11.1. The Hall–Kier alpha value is -4.10. The van der Waals surface area contributed by atoms with E-state index in [4.69, 9.17) is 31.2 Å². The van der Waals surface area contributed by atoms with Gasteiger partial charge in [0.2, 0.25) is 10.8 Å². The first kappa shape index (κ1) is 39.1. The highest BCUT2D eigenvalue weighted by atomic mass is 35.5. The van der Waals surface area contributed by atoms with Crippen LogP contribution in [0.3, 0.4) is 0 Å². The van der Waals surface area contributed by atoms with E-state index in [1.165, 1.54) is 9.80 Å². The third-order valence-corrected chi connectivity index (χ3v) is 11.2. The minimum Gasteiger partial charge on any atom is -0.465 e. The summed E-state index contributed by atoms with van der Waals surface area (Å²) in [6, 6.07) is 11.8. The second kappa shape index (κ2) is 14.7. The Balaban J connectivity index is 1.45. The summed E-state index contributed by atoms with van der Waals surface area (Å²) in [5.41, 5.74) is 6.12. The number of Topliss-reactive ketones (excluding diaryl/α,β-unsaturated/α-hetero) is 1. The lowest BCUT2D eigenvalue weighted by Crippen LogP contribution is -2.57. The van der Waals surface area contributed by atoms with Crippen LogP contribution >= 0.6 is 11.6 Å². The van der Waals surface area contributed by atoms with Crippen molar-refractivity contribution in [3.05, 3.63) is 70.2 Å². The van der Waals surface area contributed by atoms with Crippen LogP contribution in [0.5, 0.6) is 0 Å². The SMILES string of the molecule is CC(C)(C)C1c2cc(Cl)ccc2CC(C(=O)N2C[C@H](CCCB3OC(C)(C)C(C)(C)O3)[C@](N=[N+]=N)(C(=O)OCC(=O)c3ccccc3)C2)N1C(=O)O. The van der Waals surface area contributed by atoms with Gasteiger partial charge in [-0.25, -0.2) is 9.59 Å². The molecule has 13 nitrogen and oxygen atoms in total. The summed E-state index contributed by atoms with van der Waals surface area (Å²) in [6.45, 7) is 12.7. The molecule has 2 fully saturated rings. The first-order chi connectivity index (χ1) is 24.3. The molecular formula is C37H48BClN5O8+. The number of carbonyl (C=O) groups excluding carboxylic acids is 3. The second-order valence-electron chi connectivity index (χ2n) is 16.0. The number of carbonyl (C=O) groups is 4. The number of esters is 1. The van der Waals surface area contributed by atoms with Crippen molar-refractivity contribution in [1.29, 1.82) is 5.53 Å². The highest BCUT2D eigenvalue weighted by Crippen LogP contribution is 2.46. The number of benzene rings is 2. The summed E-state index contributed by atoms with van der Waals surface area (Å²) in [5.74, 6) is -2.52. The standard InChI is InChI=1S/C37H47BClN5O8/c1-34(2,3)30-27-19-26(39)16-15-24(27)18-28(44(30)33(48)49)31(46)43-20-25(14-11-17-38-51-35(4,5)36(6,7)52-38)37(22-43,41-42-40)32(47)50-21-29(45)23-12-9-8-10-13-23/h8-10,12-13,15-16,19,25,28,30,40H,11,14,17-18,20-22H2,1-7H3/p+1/t25-,28?,30?,37-/m0/s1. The van der Waals surface area contributed by atoms with Crippen LogP contribution in [0, 0.1) is 16.9 Å². The number of nitrogens with zero attached hydrogens (tertiary/aromatic N) is 4. The van der Waals surface area contributed by atoms with Gasteiger partial charge in [0.25, 0.3) is 5.54 Å². The van der Waals surface area contributed by atoms with E-state index >= 15 is 0 Å². The molecule has 0 radical (unpaired) electrons. The molecule has 3 aliphatic rings. The number of halogens is 1. The van der Waals surface area contributed by atoms with Crippen molar-refractivity contribution in [2.75, 3.05) is 19.7 Å². The van der Waals surface area contributed by atoms with Crippen LogP contribution < -0.4 is 4.91 Å². The van der Waals surface area contributed by atoms with Crippen molar-refractivity contribution in [3.8, 4) is 0 Å². The lowest BCUT2D eigenvalue weighted by molar-refractivity contribution is -0.150. The molecule has 0 aromatic heterocycles. The van der Waals surface area contributed by atoms with E-state index in [-0.39, 0.29) is 19.5 Å². The van der Waals surface area contributed by atoms with Crippen LogP contribution in [0.1, 0.15) is 88.8 Å². The third kappa shape index (κ3) is 7.66. The van der Waals surface area contributed by atoms with E-state index in [0.29, 0.717) is 29.7 Å². The molecule has 2 amide bonds. The number of ketones is 1. The van der Waals surface area contributed by atoms with Gasteiger partial charge < -0.3 is 24.1 Å². The average Bonchev–Trinajstić information content (AvgIpc) is 3.54. The lowest BCUT2D eigenvalue weighted by atomic mass is 9.75. The molecule has 52 heavy (non-hydrogen) atoms.